The number of methoxy groups -OCH3 is 1. The van der Waals surface area contributed by atoms with Gasteiger partial charge in [0.05, 0.1) is 10.7 Å². The molecule has 3 rings (SSSR count). The van der Waals surface area contributed by atoms with Crippen LogP contribution in [0, 0.1) is 0 Å². The highest BCUT2D eigenvalue weighted by Gasteiger charge is 2.10. The lowest BCUT2D eigenvalue weighted by Gasteiger charge is -2.10. The van der Waals surface area contributed by atoms with Crippen LogP contribution < -0.4 is 11.1 Å². The van der Waals surface area contributed by atoms with Crippen LogP contribution >= 0.6 is 11.6 Å². The van der Waals surface area contributed by atoms with Crippen molar-refractivity contribution >= 4 is 29.0 Å². The Morgan fingerprint density at radius 2 is 1.90 bits per heavy atom. The van der Waals surface area contributed by atoms with E-state index in [0.717, 1.165) is 23.2 Å². The number of halogens is 1. The zero-order chi connectivity index (χ0) is 21.3. The Bertz CT molecular complexity index is 1020. The van der Waals surface area contributed by atoms with Crippen LogP contribution in [0.25, 0.3) is 11.3 Å². The Kier molecular flexibility index (Phi) is 7.54. The number of aliphatic imine (C=N–C) groups is 1. The van der Waals surface area contributed by atoms with E-state index in [4.69, 9.17) is 22.1 Å². The average Bonchev–Trinajstić information content (AvgIpc) is 2.78. The quantitative estimate of drug-likeness (QED) is 0.320. The molecule has 0 saturated heterocycles. The van der Waals surface area contributed by atoms with Crippen LogP contribution in [0.2, 0.25) is 5.02 Å². The molecule has 0 unspecified atom stereocenters. The second-order valence-corrected chi connectivity index (χ2v) is 6.96. The topological polar surface area (TPSA) is 89.6 Å². The monoisotopic (exact) mass is 422 g/mol. The molecular weight excluding hydrogens is 400 g/mol. The number of hydrogen-bond acceptors (Lipinski definition) is 4. The molecular formula is C23H23ClN4O2. The number of nitrogens with two attached hydrogens (primary N) is 1. The van der Waals surface area contributed by atoms with Crippen LogP contribution in [0.5, 0.6) is 0 Å². The van der Waals surface area contributed by atoms with E-state index >= 15 is 0 Å². The first-order chi connectivity index (χ1) is 14.6. The first kappa shape index (κ1) is 21.5. The number of nitrogens with one attached hydrogen (secondary N) is 1. The highest BCUT2D eigenvalue weighted by Crippen LogP contribution is 2.29. The number of nitrogens with zero attached hydrogens (tertiary/aromatic N) is 2. The van der Waals surface area contributed by atoms with E-state index in [1.54, 1.807) is 49.7 Å². The van der Waals surface area contributed by atoms with Crippen LogP contribution in [0.4, 0.5) is 5.69 Å². The second kappa shape index (κ2) is 10.5. The number of ether oxygens (including phenoxy) is 1. The maximum absolute atomic E-state index is 12.6. The molecule has 0 aliphatic carbocycles. The number of pyridine rings is 1. The van der Waals surface area contributed by atoms with Crippen molar-refractivity contribution in [1.82, 2.24) is 4.98 Å². The summed E-state index contributed by atoms with van der Waals surface area (Å²) in [6, 6.07) is 17.9. The Morgan fingerprint density at radius 1 is 1.13 bits per heavy atom. The smallest absolute Gasteiger partial charge is 0.255 e. The molecule has 0 atom stereocenters. The summed E-state index contributed by atoms with van der Waals surface area (Å²) >= 11 is 6.30. The summed E-state index contributed by atoms with van der Waals surface area (Å²) in [6.07, 6.45) is 2.50. The number of amidine groups is 1. The van der Waals surface area contributed by atoms with E-state index < -0.39 is 0 Å². The molecule has 3 N–H and O–H groups in total. The number of amides is 1. The van der Waals surface area contributed by atoms with Crippen molar-refractivity contribution in [2.45, 2.75) is 6.42 Å². The predicted molar refractivity (Wildman–Crippen MR) is 121 cm³/mol. The van der Waals surface area contributed by atoms with E-state index in [1.807, 2.05) is 24.3 Å². The Balaban J connectivity index is 1.69. The highest BCUT2D eigenvalue weighted by atomic mass is 35.5. The lowest BCUT2D eigenvalue weighted by molar-refractivity contribution is 0.102. The first-order valence-corrected chi connectivity index (χ1v) is 9.88. The predicted octanol–water partition coefficient (Wildman–Crippen LogP) is 4.40. The van der Waals surface area contributed by atoms with Crippen molar-refractivity contribution in [2.75, 3.05) is 25.6 Å². The summed E-state index contributed by atoms with van der Waals surface area (Å²) in [7, 11) is 1.65. The van der Waals surface area contributed by atoms with E-state index in [2.05, 4.69) is 15.3 Å². The zero-order valence-corrected chi connectivity index (χ0v) is 17.4. The van der Waals surface area contributed by atoms with Gasteiger partial charge in [0.2, 0.25) is 0 Å². The van der Waals surface area contributed by atoms with Gasteiger partial charge in [0, 0.05) is 48.8 Å². The van der Waals surface area contributed by atoms with Crippen LogP contribution in [0.3, 0.4) is 0 Å². The number of anilines is 1. The standard InChI is InChI=1S/C23H23ClN4O2/c1-30-14-4-13-27-22(25)16-6-8-17(9-7-16)23(29)28-18-10-11-20(24)19(15-18)21-5-2-3-12-26-21/h2-3,5-12,15H,4,13-14H2,1H3,(H2,25,27)(H,28,29). The van der Waals surface area contributed by atoms with Gasteiger partial charge in [0.1, 0.15) is 5.84 Å². The number of aromatic nitrogens is 1. The van der Waals surface area contributed by atoms with Gasteiger partial charge in [0.15, 0.2) is 0 Å². The van der Waals surface area contributed by atoms with Crippen LogP contribution in [0.1, 0.15) is 22.3 Å². The maximum atomic E-state index is 12.6. The number of benzene rings is 2. The molecule has 0 saturated carbocycles. The molecule has 3 aromatic rings. The normalized spacial score (nSPS) is 11.3. The van der Waals surface area contributed by atoms with Crippen LogP contribution in [-0.4, -0.2) is 37.0 Å². The van der Waals surface area contributed by atoms with Gasteiger partial charge < -0.3 is 15.8 Å². The molecule has 0 fully saturated rings. The molecule has 30 heavy (non-hydrogen) atoms. The molecule has 6 nitrogen and oxygen atoms in total. The van der Waals surface area contributed by atoms with Gasteiger partial charge in [-0.2, -0.15) is 0 Å². The lowest BCUT2D eigenvalue weighted by Crippen LogP contribution is -2.16. The van der Waals surface area contributed by atoms with Gasteiger partial charge in [-0.3, -0.25) is 14.8 Å². The minimum atomic E-state index is -0.230. The number of rotatable bonds is 8. The molecule has 0 spiro atoms. The Labute approximate surface area is 180 Å². The summed E-state index contributed by atoms with van der Waals surface area (Å²) in [5.41, 5.74) is 9.41. The Morgan fingerprint density at radius 3 is 2.60 bits per heavy atom. The number of hydrogen-bond donors (Lipinski definition) is 2. The van der Waals surface area contributed by atoms with Gasteiger partial charge in [-0.15, -0.1) is 0 Å². The van der Waals surface area contributed by atoms with Crippen molar-refractivity contribution in [3.05, 3.63) is 83.0 Å². The van der Waals surface area contributed by atoms with Crippen LogP contribution in [-0.2, 0) is 4.74 Å². The SMILES string of the molecule is COCCCN=C(N)c1ccc(C(=O)Nc2ccc(Cl)c(-c3ccccn3)c2)cc1. The molecule has 7 heteroatoms. The zero-order valence-electron chi connectivity index (χ0n) is 16.6. The van der Waals surface area contributed by atoms with Gasteiger partial charge in [-0.1, -0.05) is 29.8 Å². The van der Waals surface area contributed by atoms with Crippen molar-refractivity contribution < 1.29 is 9.53 Å². The average molecular weight is 423 g/mol. The molecule has 0 bridgehead atoms. The van der Waals surface area contributed by atoms with Crippen LogP contribution in [0.15, 0.2) is 71.9 Å². The fourth-order valence-corrected chi connectivity index (χ4v) is 3.03. The third-order valence-electron chi connectivity index (χ3n) is 4.40. The molecule has 2 aromatic carbocycles. The van der Waals surface area contributed by atoms with E-state index in [9.17, 15) is 4.79 Å². The summed E-state index contributed by atoms with van der Waals surface area (Å²) in [4.78, 5) is 21.3. The van der Waals surface area contributed by atoms with E-state index in [1.165, 1.54) is 0 Å². The van der Waals surface area contributed by atoms with E-state index in [-0.39, 0.29) is 5.91 Å². The second-order valence-electron chi connectivity index (χ2n) is 6.55. The fourth-order valence-electron chi connectivity index (χ4n) is 2.82. The Hall–Kier alpha value is -3.22. The molecule has 0 radical (unpaired) electrons. The van der Waals surface area contributed by atoms with Gasteiger partial charge >= 0.3 is 0 Å². The summed E-state index contributed by atoms with van der Waals surface area (Å²) < 4.78 is 4.99. The molecule has 1 amide bonds. The molecule has 0 aliphatic rings. The van der Waals surface area contributed by atoms with Crippen molar-refractivity contribution in [1.29, 1.82) is 0 Å². The number of carbonyl (C=O) groups excluding carboxylic acids is 1. The first-order valence-electron chi connectivity index (χ1n) is 9.50. The molecule has 1 aromatic heterocycles. The summed E-state index contributed by atoms with van der Waals surface area (Å²) in [6.45, 7) is 1.24. The van der Waals surface area contributed by atoms with Gasteiger partial charge in [-0.25, -0.2) is 0 Å². The minimum Gasteiger partial charge on any atom is -0.385 e. The molecule has 1 heterocycles. The van der Waals surface area contributed by atoms with Crippen molar-refractivity contribution in [2.24, 2.45) is 10.7 Å². The van der Waals surface area contributed by atoms with Crippen molar-refractivity contribution in [3.8, 4) is 11.3 Å². The van der Waals surface area contributed by atoms with Gasteiger partial charge in [-0.05, 0) is 48.9 Å². The van der Waals surface area contributed by atoms with Crippen molar-refractivity contribution in [3.63, 3.8) is 0 Å². The highest BCUT2D eigenvalue weighted by molar-refractivity contribution is 6.33. The lowest BCUT2D eigenvalue weighted by atomic mass is 10.1. The van der Waals surface area contributed by atoms with E-state index in [0.29, 0.717) is 35.3 Å². The summed E-state index contributed by atoms with van der Waals surface area (Å²) in [5, 5.41) is 3.46. The third kappa shape index (κ3) is 5.65. The number of carbonyl (C=O) groups is 1. The molecule has 154 valence electrons. The summed E-state index contributed by atoms with van der Waals surface area (Å²) in [5.74, 6) is 0.210. The maximum Gasteiger partial charge on any atom is 0.255 e. The largest absolute Gasteiger partial charge is 0.385 e. The molecule has 0 aliphatic heterocycles. The fraction of sp³-hybridized carbons (Fsp3) is 0.174. The minimum absolute atomic E-state index is 0.230. The van der Waals surface area contributed by atoms with Gasteiger partial charge in [0.25, 0.3) is 5.91 Å². The third-order valence-corrected chi connectivity index (χ3v) is 4.73.